The highest BCUT2D eigenvalue weighted by atomic mass is 16.7. The Morgan fingerprint density at radius 1 is 0.702 bits per heavy atom. The van der Waals surface area contributed by atoms with Crippen molar-refractivity contribution in [2.24, 2.45) is 71.6 Å². The highest BCUT2D eigenvalue weighted by Crippen LogP contribution is 2.34. The zero-order chi connectivity index (χ0) is 35.2. The van der Waals surface area contributed by atoms with Crippen molar-refractivity contribution >= 4 is 29.8 Å². The number of aliphatic hydroxyl groups excluding tert-OH is 5. The average molecular weight is 678 g/mol. The summed E-state index contributed by atoms with van der Waals surface area (Å²) in [6, 6.07) is -4.47. The Kier molecular flexibility index (Phi) is 12.9. The van der Waals surface area contributed by atoms with Crippen LogP contribution in [-0.2, 0) is 18.9 Å². The molecule has 268 valence electrons. The molecule has 24 nitrogen and oxygen atoms in total. The number of aliphatic imine (C=N–C) groups is 4. The van der Waals surface area contributed by atoms with Crippen LogP contribution in [0, 0.1) is 5.41 Å². The molecular weight excluding hydrogens is 630 g/mol. The number of hydrogen-bond acceptors (Lipinski definition) is 14. The van der Waals surface area contributed by atoms with E-state index in [1.165, 1.54) is 0 Å². The van der Waals surface area contributed by atoms with Crippen molar-refractivity contribution in [1.82, 2.24) is 5.32 Å². The van der Waals surface area contributed by atoms with Crippen molar-refractivity contribution in [3.63, 3.8) is 0 Å². The van der Waals surface area contributed by atoms with E-state index in [4.69, 9.17) is 76.0 Å². The van der Waals surface area contributed by atoms with Gasteiger partial charge in [0.2, 0.25) is 0 Å². The minimum atomic E-state index is -1.72. The van der Waals surface area contributed by atoms with E-state index in [0.29, 0.717) is 0 Å². The molecule has 0 radical (unpaired) electrons. The van der Waals surface area contributed by atoms with E-state index < -0.39 is 104 Å². The molecule has 14 atom stereocenters. The maximum atomic E-state index is 11.8. The molecule has 2 aliphatic heterocycles. The molecule has 2 saturated heterocycles. The molecule has 0 aromatic carbocycles. The summed E-state index contributed by atoms with van der Waals surface area (Å²) in [5.74, 6) is -1.98. The van der Waals surface area contributed by atoms with E-state index in [0.717, 1.165) is 0 Å². The van der Waals surface area contributed by atoms with Crippen LogP contribution in [0.25, 0.3) is 0 Å². The Labute approximate surface area is 268 Å². The maximum Gasteiger partial charge on any atom is 0.186 e. The second kappa shape index (κ2) is 16.2. The topological polar surface area (TPSA) is 458 Å². The lowest BCUT2D eigenvalue weighted by Crippen LogP contribution is -2.67. The molecule has 2 heterocycles. The maximum absolute atomic E-state index is 11.8. The first-order chi connectivity index (χ1) is 22.0. The molecule has 0 aromatic heterocycles. The quantitative estimate of drug-likeness (QED) is 0.0712. The standard InChI is InChI=1S/C23H47N15O9/c24-19(25)34-3-9-8(40)2-7(37-22(30)31)17(44-9)46-15-5(35-20(26)27)1-6(36-21(28)29)16(14(15)43)47-18-13(42)11(38-23(32)33)12(41)10(4-39)45-18/h5-18,39-43H,1-4H2,(H4,24,25,34)(H4,26,27,35)(H4,28,29,36)(H4,30,31,37)(H4,32,33,38)/t5-,6+,7+,8-,9+,10+,11-,12+,13+,14-,15+,16-,17+,18+/m0/s1. The van der Waals surface area contributed by atoms with Gasteiger partial charge >= 0.3 is 0 Å². The van der Waals surface area contributed by atoms with E-state index in [-0.39, 0.29) is 37.3 Å². The van der Waals surface area contributed by atoms with Crippen LogP contribution in [0.3, 0.4) is 0 Å². The monoisotopic (exact) mass is 677 g/mol. The normalized spacial score (nSPS) is 38.7. The molecular formula is C23H47N15O9. The highest BCUT2D eigenvalue weighted by molar-refractivity contribution is 5.77. The molecule has 1 aliphatic carbocycles. The van der Waals surface area contributed by atoms with Gasteiger partial charge in [0.25, 0.3) is 0 Å². The van der Waals surface area contributed by atoms with E-state index in [1.807, 2.05) is 0 Å². The van der Waals surface area contributed by atoms with Crippen molar-refractivity contribution in [2.75, 3.05) is 13.2 Å². The predicted molar refractivity (Wildman–Crippen MR) is 166 cm³/mol. The summed E-state index contributed by atoms with van der Waals surface area (Å²) in [6.45, 7) is -0.881. The Hall–Kier alpha value is -4.01. The van der Waals surface area contributed by atoms with Crippen molar-refractivity contribution in [1.29, 1.82) is 5.41 Å². The zero-order valence-corrected chi connectivity index (χ0v) is 25.3. The van der Waals surface area contributed by atoms with Gasteiger partial charge in [0.15, 0.2) is 42.4 Å². The second-order valence-corrected chi connectivity index (χ2v) is 11.2. The first-order valence-electron chi connectivity index (χ1n) is 14.4. The molecule has 0 bridgehead atoms. The highest BCUT2D eigenvalue weighted by Gasteiger charge is 2.53. The Morgan fingerprint density at radius 2 is 1.28 bits per heavy atom. The number of ether oxygens (including phenoxy) is 4. The van der Waals surface area contributed by atoms with Crippen LogP contribution in [0.1, 0.15) is 12.8 Å². The van der Waals surface area contributed by atoms with Crippen molar-refractivity contribution in [3.05, 3.63) is 0 Å². The molecule has 3 fully saturated rings. The number of guanidine groups is 5. The second-order valence-electron chi connectivity index (χ2n) is 11.2. The summed E-state index contributed by atoms with van der Waals surface area (Å²) in [5, 5.41) is 64.3. The molecule has 0 aromatic rings. The zero-order valence-electron chi connectivity index (χ0n) is 25.3. The fraction of sp³-hybridized carbons (Fsp3) is 0.783. The van der Waals surface area contributed by atoms with Crippen LogP contribution in [0.4, 0.5) is 0 Å². The summed E-state index contributed by atoms with van der Waals surface area (Å²) < 4.78 is 23.8. The van der Waals surface area contributed by atoms with Gasteiger partial charge in [-0.15, -0.1) is 0 Å². The summed E-state index contributed by atoms with van der Waals surface area (Å²) in [6.07, 6.45) is -14.4. The van der Waals surface area contributed by atoms with Crippen LogP contribution < -0.4 is 56.9 Å². The van der Waals surface area contributed by atoms with E-state index in [2.05, 4.69) is 25.3 Å². The molecule has 0 amide bonds. The van der Waals surface area contributed by atoms with Gasteiger partial charge in [-0.3, -0.25) is 10.4 Å². The fourth-order valence-corrected chi connectivity index (χ4v) is 5.65. The van der Waals surface area contributed by atoms with Gasteiger partial charge in [-0.05, 0) is 6.42 Å². The molecule has 0 unspecified atom stereocenters. The van der Waals surface area contributed by atoms with E-state index in [1.54, 1.807) is 0 Å². The van der Waals surface area contributed by atoms with Gasteiger partial charge in [-0.2, -0.15) is 0 Å². The predicted octanol–water partition coefficient (Wildman–Crippen LogP) is -9.51. The molecule has 24 heteroatoms. The van der Waals surface area contributed by atoms with Gasteiger partial charge in [0.1, 0.15) is 54.8 Å². The Bertz CT molecular complexity index is 1180. The SMILES string of the molecule is N=C(N)N[C@@H]1C[C@H](N=C(N)N)[C@@H](O[C@H]2O[C@H](CN=C(N)N)[C@@H](O)C[C@H]2N=C(N)N)[C@H](O)[C@H]1O[C@H]1O[C@H](CO)[C@@H](O)[C@H](N=C(N)N)[C@H]1O. The minimum absolute atomic E-state index is 0.0728. The summed E-state index contributed by atoms with van der Waals surface area (Å²) in [5.41, 5.74) is 50.0. The van der Waals surface area contributed by atoms with Crippen LogP contribution in [-0.4, -0.2) is 154 Å². The molecule has 47 heavy (non-hydrogen) atoms. The molecule has 0 spiro atoms. The fourth-order valence-electron chi connectivity index (χ4n) is 5.65. The van der Waals surface area contributed by atoms with Gasteiger partial charge in [0.05, 0.1) is 31.3 Å². The van der Waals surface area contributed by atoms with Gasteiger partial charge < -0.3 is 101 Å². The lowest BCUT2D eigenvalue weighted by molar-refractivity contribution is -0.315. The first kappa shape index (κ1) is 37.4. The van der Waals surface area contributed by atoms with Crippen molar-refractivity contribution in [3.8, 4) is 0 Å². The van der Waals surface area contributed by atoms with Gasteiger partial charge in [0, 0.05) is 6.42 Å². The molecule has 25 N–H and O–H groups in total. The first-order valence-corrected chi connectivity index (χ1v) is 14.4. The number of nitrogens with two attached hydrogens (primary N) is 9. The number of nitrogens with zero attached hydrogens (tertiary/aromatic N) is 4. The third-order valence-corrected chi connectivity index (χ3v) is 7.63. The van der Waals surface area contributed by atoms with E-state index in [9.17, 15) is 25.5 Å². The summed E-state index contributed by atoms with van der Waals surface area (Å²) >= 11 is 0. The van der Waals surface area contributed by atoms with Gasteiger partial charge in [-0.25, -0.2) is 15.0 Å². The minimum Gasteiger partial charge on any atom is -0.394 e. The summed E-state index contributed by atoms with van der Waals surface area (Å²) in [7, 11) is 0. The molecule has 3 rings (SSSR count). The third-order valence-electron chi connectivity index (χ3n) is 7.63. The van der Waals surface area contributed by atoms with Crippen molar-refractivity contribution < 1.29 is 44.5 Å². The van der Waals surface area contributed by atoms with E-state index >= 15 is 0 Å². The van der Waals surface area contributed by atoms with Crippen LogP contribution in [0.5, 0.6) is 0 Å². The van der Waals surface area contributed by atoms with Crippen LogP contribution in [0.15, 0.2) is 20.0 Å². The van der Waals surface area contributed by atoms with Crippen molar-refractivity contribution in [2.45, 2.75) is 98.4 Å². The lowest BCUT2D eigenvalue weighted by atomic mass is 9.83. The van der Waals surface area contributed by atoms with Gasteiger partial charge in [-0.1, -0.05) is 0 Å². The Balaban J connectivity index is 2.00. The average Bonchev–Trinajstić information content (AvgIpc) is 2.95. The van der Waals surface area contributed by atoms with Crippen LogP contribution >= 0.6 is 0 Å². The smallest absolute Gasteiger partial charge is 0.186 e. The third kappa shape index (κ3) is 9.75. The summed E-state index contributed by atoms with van der Waals surface area (Å²) in [4.78, 5) is 16.0. The lowest BCUT2D eigenvalue weighted by Gasteiger charge is -2.48. The largest absolute Gasteiger partial charge is 0.394 e. The number of hydrogen-bond donors (Lipinski definition) is 16. The molecule has 3 aliphatic rings. The number of rotatable bonds is 11. The molecule has 1 saturated carbocycles. The van der Waals surface area contributed by atoms with Crippen LogP contribution in [0.2, 0.25) is 0 Å². The Morgan fingerprint density at radius 3 is 1.83 bits per heavy atom. The number of aliphatic hydroxyl groups is 5. The number of nitrogens with one attached hydrogen (secondary N) is 2.